The van der Waals surface area contributed by atoms with E-state index in [4.69, 9.17) is 0 Å². The quantitative estimate of drug-likeness (QED) is 0.742. The highest BCUT2D eigenvalue weighted by Crippen LogP contribution is 2.24. The molecule has 1 rings (SSSR count). The second-order valence-electron chi connectivity index (χ2n) is 5.71. The largest absolute Gasteiger partial charge is 0.351 e. The van der Waals surface area contributed by atoms with Crippen LogP contribution < -0.4 is 10.6 Å². The third kappa shape index (κ3) is 2.94. The number of nitrogens with one attached hydrogen (secondary N) is 2. The highest BCUT2D eigenvalue weighted by atomic mass is 16.2. The van der Waals surface area contributed by atoms with Gasteiger partial charge in [0.05, 0.1) is 0 Å². The summed E-state index contributed by atoms with van der Waals surface area (Å²) in [7, 11) is 0. The minimum Gasteiger partial charge on any atom is -0.351 e. The van der Waals surface area contributed by atoms with Gasteiger partial charge in [-0.15, -0.1) is 0 Å². The molecule has 1 fully saturated rings. The number of carbonyl (C=O) groups excluding carboxylic acids is 1. The Kier molecular flexibility index (Phi) is 3.77. The summed E-state index contributed by atoms with van der Waals surface area (Å²) >= 11 is 0. The number of amides is 1. The topological polar surface area (TPSA) is 41.1 Å². The van der Waals surface area contributed by atoms with Crippen molar-refractivity contribution in [3.05, 3.63) is 0 Å². The summed E-state index contributed by atoms with van der Waals surface area (Å²) in [6.45, 7) is 12.4. The lowest BCUT2D eigenvalue weighted by molar-refractivity contribution is -0.126. The lowest BCUT2D eigenvalue weighted by Crippen LogP contribution is -2.46. The maximum absolute atomic E-state index is 11.9. The van der Waals surface area contributed by atoms with Crippen LogP contribution in [-0.4, -0.2) is 25.0 Å². The zero-order chi connectivity index (χ0) is 11.6. The maximum Gasteiger partial charge on any atom is 0.223 e. The molecule has 88 valence electrons. The van der Waals surface area contributed by atoms with Gasteiger partial charge in [-0.25, -0.2) is 0 Å². The van der Waals surface area contributed by atoms with E-state index in [0.29, 0.717) is 5.92 Å². The van der Waals surface area contributed by atoms with Crippen LogP contribution in [0, 0.1) is 17.3 Å². The van der Waals surface area contributed by atoms with Crippen LogP contribution in [0.3, 0.4) is 0 Å². The average molecular weight is 212 g/mol. The Bertz CT molecular complexity index is 236. The fraction of sp³-hybridized carbons (Fsp3) is 0.917. The second kappa shape index (κ2) is 4.52. The third-order valence-electron chi connectivity index (χ3n) is 3.60. The van der Waals surface area contributed by atoms with E-state index in [1.54, 1.807) is 0 Å². The first-order chi connectivity index (χ1) is 6.84. The highest BCUT2D eigenvalue weighted by Gasteiger charge is 2.36. The Labute approximate surface area is 93.0 Å². The monoisotopic (exact) mass is 212 g/mol. The van der Waals surface area contributed by atoms with Crippen LogP contribution in [0.4, 0.5) is 0 Å². The van der Waals surface area contributed by atoms with Crippen molar-refractivity contribution in [1.82, 2.24) is 10.6 Å². The molecule has 2 atom stereocenters. The minimum absolute atomic E-state index is 0.0985. The first-order valence-corrected chi connectivity index (χ1v) is 5.85. The van der Waals surface area contributed by atoms with Crippen molar-refractivity contribution in [2.45, 2.75) is 40.7 Å². The summed E-state index contributed by atoms with van der Waals surface area (Å²) in [6, 6.07) is 0.270. The number of hydrogen-bond donors (Lipinski definition) is 2. The van der Waals surface area contributed by atoms with Crippen LogP contribution in [0.15, 0.2) is 0 Å². The summed E-state index contributed by atoms with van der Waals surface area (Å²) in [6.07, 6.45) is 0. The number of hydrogen-bond acceptors (Lipinski definition) is 2. The van der Waals surface area contributed by atoms with Crippen LogP contribution in [0.25, 0.3) is 0 Å². The smallest absolute Gasteiger partial charge is 0.223 e. The van der Waals surface area contributed by atoms with Crippen molar-refractivity contribution in [1.29, 1.82) is 0 Å². The van der Waals surface area contributed by atoms with Gasteiger partial charge in [0, 0.05) is 25.0 Å². The van der Waals surface area contributed by atoms with Gasteiger partial charge in [0.1, 0.15) is 0 Å². The van der Waals surface area contributed by atoms with Crippen molar-refractivity contribution in [2.24, 2.45) is 17.3 Å². The Balaban J connectivity index is 2.51. The van der Waals surface area contributed by atoms with E-state index in [1.807, 2.05) is 6.92 Å². The number of rotatable bonds is 3. The molecule has 0 radical (unpaired) electrons. The van der Waals surface area contributed by atoms with Gasteiger partial charge in [-0.1, -0.05) is 34.6 Å². The Morgan fingerprint density at radius 3 is 2.40 bits per heavy atom. The molecule has 0 aromatic rings. The van der Waals surface area contributed by atoms with Gasteiger partial charge in [0.25, 0.3) is 0 Å². The van der Waals surface area contributed by atoms with Gasteiger partial charge in [-0.3, -0.25) is 4.79 Å². The summed E-state index contributed by atoms with van der Waals surface area (Å²) < 4.78 is 0. The molecule has 0 saturated carbocycles. The molecule has 1 aliphatic heterocycles. The normalized spacial score (nSPS) is 26.7. The van der Waals surface area contributed by atoms with E-state index in [1.165, 1.54) is 0 Å². The van der Waals surface area contributed by atoms with Crippen LogP contribution in [0.2, 0.25) is 0 Å². The Morgan fingerprint density at radius 1 is 1.40 bits per heavy atom. The highest BCUT2D eigenvalue weighted by molar-refractivity contribution is 5.79. The molecule has 0 bridgehead atoms. The predicted molar refractivity (Wildman–Crippen MR) is 62.6 cm³/mol. The predicted octanol–water partition coefficient (Wildman–Crippen LogP) is 1.39. The van der Waals surface area contributed by atoms with Gasteiger partial charge in [0.15, 0.2) is 0 Å². The molecule has 2 N–H and O–H groups in total. The molecule has 3 heteroatoms. The second-order valence-corrected chi connectivity index (χ2v) is 5.71. The first-order valence-electron chi connectivity index (χ1n) is 5.85. The molecule has 0 aliphatic carbocycles. The van der Waals surface area contributed by atoms with Gasteiger partial charge < -0.3 is 10.6 Å². The van der Waals surface area contributed by atoms with E-state index in [-0.39, 0.29) is 23.3 Å². The summed E-state index contributed by atoms with van der Waals surface area (Å²) in [5, 5.41) is 6.47. The standard InChI is InChI=1S/C12H24N2O/c1-8(2)9(3)11(15)14-10-6-13-7-12(10,4)5/h8-10,13H,6-7H2,1-5H3,(H,14,15). The lowest BCUT2D eigenvalue weighted by Gasteiger charge is -2.28. The molecule has 0 aromatic heterocycles. The van der Waals surface area contributed by atoms with Crippen LogP contribution >= 0.6 is 0 Å². The zero-order valence-corrected chi connectivity index (χ0v) is 10.6. The SMILES string of the molecule is CC(C)C(C)C(=O)NC1CNCC1(C)C. The number of carbonyl (C=O) groups is 1. The molecule has 1 heterocycles. The molecular weight excluding hydrogens is 188 g/mol. The fourth-order valence-corrected chi connectivity index (χ4v) is 1.79. The van der Waals surface area contributed by atoms with E-state index in [9.17, 15) is 4.79 Å². The van der Waals surface area contributed by atoms with Gasteiger partial charge in [-0.05, 0) is 11.3 Å². The maximum atomic E-state index is 11.9. The first kappa shape index (κ1) is 12.5. The summed E-state index contributed by atoms with van der Waals surface area (Å²) in [4.78, 5) is 11.9. The van der Waals surface area contributed by atoms with Crippen molar-refractivity contribution in [3.63, 3.8) is 0 Å². The van der Waals surface area contributed by atoms with Crippen molar-refractivity contribution in [2.75, 3.05) is 13.1 Å². The van der Waals surface area contributed by atoms with Gasteiger partial charge >= 0.3 is 0 Å². The minimum atomic E-state index is 0.0985. The van der Waals surface area contributed by atoms with E-state index in [0.717, 1.165) is 13.1 Å². The Morgan fingerprint density at radius 2 is 2.00 bits per heavy atom. The summed E-state index contributed by atoms with van der Waals surface area (Å²) in [5.74, 6) is 0.690. The molecule has 15 heavy (non-hydrogen) atoms. The van der Waals surface area contributed by atoms with Crippen molar-refractivity contribution < 1.29 is 4.79 Å². The van der Waals surface area contributed by atoms with Gasteiger partial charge in [0.2, 0.25) is 5.91 Å². The van der Waals surface area contributed by atoms with Crippen molar-refractivity contribution >= 4 is 5.91 Å². The molecule has 1 saturated heterocycles. The molecule has 0 spiro atoms. The van der Waals surface area contributed by atoms with E-state index in [2.05, 4.69) is 38.3 Å². The third-order valence-corrected chi connectivity index (χ3v) is 3.60. The molecule has 1 aliphatic rings. The van der Waals surface area contributed by atoms with Crippen molar-refractivity contribution in [3.8, 4) is 0 Å². The van der Waals surface area contributed by atoms with E-state index < -0.39 is 0 Å². The summed E-state index contributed by atoms with van der Waals surface area (Å²) in [5.41, 5.74) is 0.173. The lowest BCUT2D eigenvalue weighted by atomic mass is 9.87. The molecule has 2 unspecified atom stereocenters. The molecule has 0 aromatic carbocycles. The van der Waals surface area contributed by atoms with E-state index >= 15 is 0 Å². The zero-order valence-electron chi connectivity index (χ0n) is 10.6. The van der Waals surface area contributed by atoms with Crippen LogP contribution in [0.5, 0.6) is 0 Å². The molecular formula is C12H24N2O. The van der Waals surface area contributed by atoms with Crippen LogP contribution in [-0.2, 0) is 4.79 Å². The van der Waals surface area contributed by atoms with Crippen LogP contribution in [0.1, 0.15) is 34.6 Å². The fourth-order valence-electron chi connectivity index (χ4n) is 1.79. The van der Waals surface area contributed by atoms with Gasteiger partial charge in [-0.2, -0.15) is 0 Å². The molecule has 3 nitrogen and oxygen atoms in total. The Hall–Kier alpha value is -0.570. The average Bonchev–Trinajstić information content (AvgIpc) is 2.44. The molecule has 1 amide bonds.